The number of carbonyl (C=O) groups excluding carboxylic acids is 1. The minimum Gasteiger partial charge on any atom is -0.486 e. The third-order valence-electron chi connectivity index (χ3n) is 4.49. The molecule has 0 aliphatic carbocycles. The molecule has 2 aromatic rings. The van der Waals surface area contributed by atoms with E-state index in [-0.39, 0.29) is 24.4 Å². The van der Waals surface area contributed by atoms with Crippen molar-refractivity contribution in [2.45, 2.75) is 12.5 Å². The van der Waals surface area contributed by atoms with Crippen LogP contribution in [0.25, 0.3) is 0 Å². The predicted molar refractivity (Wildman–Crippen MR) is 97.9 cm³/mol. The van der Waals surface area contributed by atoms with Crippen LogP contribution in [0.15, 0.2) is 42.5 Å². The number of hydrogen-bond acceptors (Lipinski definition) is 4. The van der Waals surface area contributed by atoms with Crippen molar-refractivity contribution in [2.24, 2.45) is 0 Å². The van der Waals surface area contributed by atoms with Crippen LogP contribution in [0, 0.1) is 0 Å². The minimum absolute atomic E-state index is 0. The Kier molecular flexibility index (Phi) is 5.46. The Hall–Kier alpha value is -2.24. The number of hydrogen-bond donors (Lipinski definition) is 2. The van der Waals surface area contributed by atoms with Gasteiger partial charge in [-0.25, -0.2) is 0 Å². The second kappa shape index (κ2) is 7.76. The van der Waals surface area contributed by atoms with E-state index in [2.05, 4.69) is 28.8 Å². The summed E-state index contributed by atoms with van der Waals surface area (Å²) in [5.41, 5.74) is 3.21. The van der Waals surface area contributed by atoms with E-state index >= 15 is 0 Å². The highest BCUT2D eigenvalue weighted by atomic mass is 35.5. The van der Waals surface area contributed by atoms with Crippen molar-refractivity contribution in [3.05, 3.63) is 59.2 Å². The quantitative estimate of drug-likeness (QED) is 0.883. The molecule has 0 aromatic heterocycles. The van der Waals surface area contributed by atoms with Gasteiger partial charge in [-0.3, -0.25) is 4.79 Å². The molecular weight excluding hydrogens is 340 g/mol. The molecule has 0 saturated carbocycles. The van der Waals surface area contributed by atoms with Crippen molar-refractivity contribution in [3.8, 4) is 11.5 Å². The molecule has 0 spiro atoms. The molecule has 0 radical (unpaired) electrons. The number of fused-ring (bicyclic) bond motifs is 2. The number of carbonyl (C=O) groups is 1. The van der Waals surface area contributed by atoms with E-state index in [0.717, 1.165) is 13.0 Å². The van der Waals surface area contributed by atoms with Crippen LogP contribution >= 0.6 is 12.4 Å². The Labute approximate surface area is 153 Å². The number of halogens is 1. The summed E-state index contributed by atoms with van der Waals surface area (Å²) >= 11 is 0. The van der Waals surface area contributed by atoms with Gasteiger partial charge in [-0.1, -0.05) is 24.3 Å². The molecule has 1 atom stereocenters. The van der Waals surface area contributed by atoms with E-state index < -0.39 is 0 Å². The Bertz CT molecular complexity index is 766. The van der Waals surface area contributed by atoms with Crippen molar-refractivity contribution in [1.82, 2.24) is 10.6 Å². The van der Waals surface area contributed by atoms with Crippen LogP contribution in [0.1, 0.15) is 27.5 Å². The Morgan fingerprint density at radius 1 is 1.12 bits per heavy atom. The van der Waals surface area contributed by atoms with Gasteiger partial charge < -0.3 is 20.1 Å². The van der Waals surface area contributed by atoms with Crippen LogP contribution in [0.4, 0.5) is 0 Å². The second-order valence-corrected chi connectivity index (χ2v) is 6.02. The summed E-state index contributed by atoms with van der Waals surface area (Å²) in [5.74, 6) is 1.23. The van der Waals surface area contributed by atoms with E-state index in [9.17, 15) is 4.79 Å². The average Bonchev–Trinajstić information content (AvgIpc) is 2.65. The van der Waals surface area contributed by atoms with E-state index in [4.69, 9.17) is 9.47 Å². The highest BCUT2D eigenvalue weighted by molar-refractivity contribution is 5.94. The molecule has 5 nitrogen and oxygen atoms in total. The third-order valence-corrected chi connectivity index (χ3v) is 4.49. The molecule has 1 unspecified atom stereocenters. The van der Waals surface area contributed by atoms with Crippen LogP contribution < -0.4 is 20.1 Å². The zero-order valence-corrected chi connectivity index (χ0v) is 14.6. The molecule has 4 rings (SSSR count). The van der Waals surface area contributed by atoms with Crippen molar-refractivity contribution in [3.63, 3.8) is 0 Å². The standard InChI is InChI=1S/C19H20N2O3.ClH/c22-19(14-5-6-17-18(11-14)24-10-9-23-17)21-12-16-15-4-2-1-3-13(15)7-8-20-16;/h1-6,11,16,20H,7-10,12H2,(H,21,22);1H. The third kappa shape index (κ3) is 3.72. The van der Waals surface area contributed by atoms with Crippen LogP contribution in [-0.4, -0.2) is 32.2 Å². The molecular formula is C19H21ClN2O3. The number of rotatable bonds is 3. The summed E-state index contributed by atoms with van der Waals surface area (Å²) in [7, 11) is 0. The monoisotopic (exact) mass is 360 g/mol. The average molecular weight is 361 g/mol. The second-order valence-electron chi connectivity index (χ2n) is 6.02. The zero-order valence-electron chi connectivity index (χ0n) is 13.8. The maximum Gasteiger partial charge on any atom is 0.251 e. The van der Waals surface area contributed by atoms with Crippen molar-refractivity contribution in [2.75, 3.05) is 26.3 Å². The van der Waals surface area contributed by atoms with Crippen molar-refractivity contribution < 1.29 is 14.3 Å². The van der Waals surface area contributed by atoms with Gasteiger partial charge in [0.05, 0.1) is 0 Å². The van der Waals surface area contributed by atoms with Crippen molar-refractivity contribution >= 4 is 18.3 Å². The molecule has 0 saturated heterocycles. The van der Waals surface area contributed by atoms with Crippen LogP contribution in [-0.2, 0) is 6.42 Å². The summed E-state index contributed by atoms with van der Waals surface area (Å²) < 4.78 is 11.0. The summed E-state index contributed by atoms with van der Waals surface area (Å²) in [6, 6.07) is 13.8. The first-order valence-corrected chi connectivity index (χ1v) is 8.30. The number of ether oxygens (including phenoxy) is 2. The fourth-order valence-electron chi connectivity index (χ4n) is 3.26. The van der Waals surface area contributed by atoms with Crippen LogP contribution in [0.3, 0.4) is 0 Å². The molecule has 2 N–H and O–H groups in total. The molecule has 1 amide bonds. The van der Waals surface area contributed by atoms with E-state index in [1.54, 1.807) is 18.2 Å². The molecule has 0 bridgehead atoms. The largest absolute Gasteiger partial charge is 0.486 e. The lowest BCUT2D eigenvalue weighted by atomic mass is 9.94. The maximum atomic E-state index is 12.4. The first-order chi connectivity index (χ1) is 11.8. The van der Waals surface area contributed by atoms with Gasteiger partial charge in [-0.15, -0.1) is 12.4 Å². The molecule has 2 aliphatic rings. The topological polar surface area (TPSA) is 59.6 Å². The maximum absolute atomic E-state index is 12.4. The molecule has 132 valence electrons. The minimum atomic E-state index is -0.100. The first-order valence-electron chi connectivity index (χ1n) is 8.30. The SMILES string of the molecule is Cl.O=C(NCC1NCCc2ccccc21)c1ccc2c(c1)OCCO2. The van der Waals surface area contributed by atoms with Gasteiger partial charge in [-0.2, -0.15) is 0 Å². The summed E-state index contributed by atoms with van der Waals surface area (Å²) in [6.07, 6.45) is 1.03. The number of benzene rings is 2. The Morgan fingerprint density at radius 3 is 2.80 bits per heavy atom. The lowest BCUT2D eigenvalue weighted by Crippen LogP contribution is -2.38. The zero-order chi connectivity index (χ0) is 16.4. The van der Waals surface area contributed by atoms with Gasteiger partial charge in [-0.05, 0) is 42.3 Å². The van der Waals surface area contributed by atoms with Gasteiger partial charge in [0.1, 0.15) is 13.2 Å². The van der Waals surface area contributed by atoms with E-state index in [1.807, 2.05) is 6.07 Å². The molecule has 2 aliphatic heterocycles. The van der Waals surface area contributed by atoms with Gasteiger partial charge in [0.2, 0.25) is 0 Å². The van der Waals surface area contributed by atoms with E-state index in [0.29, 0.717) is 36.8 Å². The highest BCUT2D eigenvalue weighted by Gasteiger charge is 2.20. The molecule has 6 heteroatoms. The summed E-state index contributed by atoms with van der Waals surface area (Å²) in [4.78, 5) is 12.4. The van der Waals surface area contributed by atoms with Gasteiger partial charge in [0, 0.05) is 18.2 Å². The number of nitrogens with one attached hydrogen (secondary N) is 2. The van der Waals surface area contributed by atoms with Gasteiger partial charge in [0.25, 0.3) is 5.91 Å². The molecule has 2 heterocycles. The normalized spacial score (nSPS) is 17.8. The fourth-order valence-corrected chi connectivity index (χ4v) is 3.26. The van der Waals surface area contributed by atoms with Crippen LogP contribution in [0.5, 0.6) is 11.5 Å². The first kappa shape index (κ1) is 17.6. The lowest BCUT2D eigenvalue weighted by molar-refractivity contribution is 0.0948. The molecule has 2 aromatic carbocycles. The van der Waals surface area contributed by atoms with Crippen LogP contribution in [0.2, 0.25) is 0 Å². The van der Waals surface area contributed by atoms with Gasteiger partial charge >= 0.3 is 0 Å². The molecule has 25 heavy (non-hydrogen) atoms. The van der Waals surface area contributed by atoms with Gasteiger partial charge in [0.15, 0.2) is 11.5 Å². The summed E-state index contributed by atoms with van der Waals surface area (Å²) in [5, 5.41) is 6.49. The lowest BCUT2D eigenvalue weighted by Gasteiger charge is -2.27. The smallest absolute Gasteiger partial charge is 0.251 e. The summed E-state index contributed by atoms with van der Waals surface area (Å²) in [6.45, 7) is 2.55. The molecule has 0 fully saturated rings. The highest BCUT2D eigenvalue weighted by Crippen LogP contribution is 2.30. The predicted octanol–water partition coefficient (Wildman–Crippen LogP) is 2.50. The van der Waals surface area contributed by atoms with E-state index in [1.165, 1.54) is 11.1 Å². The Balaban J connectivity index is 0.00000182. The number of amides is 1. The van der Waals surface area contributed by atoms with Crippen molar-refractivity contribution in [1.29, 1.82) is 0 Å². The Morgan fingerprint density at radius 2 is 1.92 bits per heavy atom. The fraction of sp³-hybridized carbons (Fsp3) is 0.316.